The van der Waals surface area contributed by atoms with Crippen molar-refractivity contribution in [3.63, 3.8) is 0 Å². The molecule has 0 aliphatic rings. The number of nitrogens with two attached hydrogens (primary N) is 1. The van der Waals surface area contributed by atoms with Gasteiger partial charge in [0, 0.05) is 19.6 Å². The molecule has 0 bridgehead atoms. The molecule has 55 heavy (non-hydrogen) atoms. The zero-order valence-electron chi connectivity index (χ0n) is 36.4. The molecular formula is C49H90N2O4. The highest BCUT2D eigenvalue weighted by Crippen LogP contribution is 2.29. The number of benzene rings is 1. The maximum absolute atomic E-state index is 6.36. The van der Waals surface area contributed by atoms with Gasteiger partial charge in [-0.1, -0.05) is 160 Å². The van der Waals surface area contributed by atoms with Crippen LogP contribution in [0, 0.1) is 0 Å². The molecule has 0 aliphatic carbocycles. The van der Waals surface area contributed by atoms with E-state index in [1.807, 2.05) is 0 Å². The van der Waals surface area contributed by atoms with Crippen molar-refractivity contribution in [2.75, 3.05) is 52.7 Å². The lowest BCUT2D eigenvalue weighted by molar-refractivity contribution is 0.0518. The Morgan fingerprint density at radius 2 is 0.873 bits per heavy atom. The first-order chi connectivity index (χ1) is 27.3. The van der Waals surface area contributed by atoms with Crippen molar-refractivity contribution in [2.24, 2.45) is 5.73 Å². The second-order valence-corrected chi connectivity index (χ2v) is 15.5. The number of nitrogens with one attached hydrogen (secondary N) is 1. The van der Waals surface area contributed by atoms with Gasteiger partial charge >= 0.3 is 0 Å². The van der Waals surface area contributed by atoms with Gasteiger partial charge in [-0.3, -0.25) is 0 Å². The van der Waals surface area contributed by atoms with Crippen LogP contribution in [0.4, 0.5) is 0 Å². The molecule has 0 radical (unpaired) electrons. The molecule has 1 aromatic rings. The molecule has 1 aromatic carbocycles. The fraction of sp³-hybridized carbons (Fsp3) is 0.796. The maximum atomic E-state index is 6.36. The predicted octanol–water partition coefficient (Wildman–Crippen LogP) is 13.6. The molecule has 6 nitrogen and oxygen atoms in total. The van der Waals surface area contributed by atoms with Crippen LogP contribution in [0.5, 0.6) is 11.5 Å². The summed E-state index contributed by atoms with van der Waals surface area (Å²) in [6.07, 6.45) is 46.4. The van der Waals surface area contributed by atoms with Crippen LogP contribution < -0.4 is 20.5 Å². The van der Waals surface area contributed by atoms with Crippen molar-refractivity contribution in [2.45, 2.75) is 200 Å². The van der Waals surface area contributed by atoms with Gasteiger partial charge < -0.3 is 30.0 Å². The Labute approximate surface area is 341 Å². The van der Waals surface area contributed by atoms with E-state index in [0.717, 1.165) is 50.6 Å². The van der Waals surface area contributed by atoms with Crippen LogP contribution in [0.25, 0.3) is 0 Å². The number of rotatable bonds is 44. The normalized spacial score (nSPS) is 11.8. The standard InChI is InChI=1S/C49H90N2O4/c1-3-5-7-9-11-13-15-17-19-21-23-25-27-29-31-33-39-54-48-36-35-47(46-51-38-42-53-44-43-52-41-37-50)45-49(48)55-40-34-32-30-28-26-24-22-20-18-16-14-12-10-8-6-4-2/h17-20,35-36,45,51H,3-16,21-34,37-44,46,50H2,1-2H3/b19-17-,20-18-. The lowest BCUT2D eigenvalue weighted by Gasteiger charge is -2.15. The molecule has 3 N–H and O–H groups in total. The lowest BCUT2D eigenvalue weighted by Crippen LogP contribution is -2.20. The van der Waals surface area contributed by atoms with Gasteiger partial charge in [0.2, 0.25) is 0 Å². The van der Waals surface area contributed by atoms with E-state index in [1.54, 1.807) is 0 Å². The first-order valence-corrected chi connectivity index (χ1v) is 23.6. The van der Waals surface area contributed by atoms with Crippen molar-refractivity contribution < 1.29 is 18.9 Å². The molecule has 0 saturated heterocycles. The van der Waals surface area contributed by atoms with Gasteiger partial charge in [0.1, 0.15) is 0 Å². The predicted molar refractivity (Wildman–Crippen MR) is 239 cm³/mol. The molecular weight excluding hydrogens is 681 g/mol. The molecule has 0 aromatic heterocycles. The number of ether oxygens (including phenoxy) is 4. The van der Waals surface area contributed by atoms with Crippen molar-refractivity contribution in [3.05, 3.63) is 48.1 Å². The molecule has 320 valence electrons. The summed E-state index contributed by atoms with van der Waals surface area (Å²) in [5.74, 6) is 1.76. The lowest BCUT2D eigenvalue weighted by atomic mass is 10.1. The van der Waals surface area contributed by atoms with Crippen LogP contribution >= 0.6 is 0 Å². The van der Waals surface area contributed by atoms with Crippen molar-refractivity contribution in [1.82, 2.24) is 5.32 Å². The van der Waals surface area contributed by atoms with E-state index in [1.165, 1.54) is 173 Å². The highest BCUT2D eigenvalue weighted by atomic mass is 16.5. The van der Waals surface area contributed by atoms with E-state index in [-0.39, 0.29) is 0 Å². The van der Waals surface area contributed by atoms with Crippen molar-refractivity contribution >= 4 is 0 Å². The van der Waals surface area contributed by atoms with Gasteiger partial charge in [-0.25, -0.2) is 0 Å². The van der Waals surface area contributed by atoms with Gasteiger partial charge in [-0.05, 0) is 81.9 Å². The van der Waals surface area contributed by atoms with Crippen LogP contribution in [-0.2, 0) is 16.0 Å². The molecule has 0 unspecified atom stereocenters. The number of allylic oxidation sites excluding steroid dienone is 4. The Balaban J connectivity index is 2.28. The first kappa shape index (κ1) is 51.2. The molecule has 0 aliphatic heterocycles. The number of unbranched alkanes of at least 4 members (excludes halogenated alkanes) is 24. The average Bonchev–Trinajstić information content (AvgIpc) is 3.20. The highest BCUT2D eigenvalue weighted by molar-refractivity contribution is 5.43. The second-order valence-electron chi connectivity index (χ2n) is 15.5. The fourth-order valence-electron chi connectivity index (χ4n) is 6.74. The Hall–Kier alpha value is -1.86. The summed E-state index contributed by atoms with van der Waals surface area (Å²) in [5, 5.41) is 3.49. The third-order valence-corrected chi connectivity index (χ3v) is 10.2. The SMILES string of the molecule is CCCCCCCC/C=C\CCCCCCCCOc1ccc(CNCCOCCOCCN)cc1OCCCCCCCC/C=C\CCCCCCCC. The monoisotopic (exact) mass is 771 g/mol. The highest BCUT2D eigenvalue weighted by Gasteiger charge is 2.08. The summed E-state index contributed by atoms with van der Waals surface area (Å²) < 4.78 is 23.7. The van der Waals surface area contributed by atoms with Crippen LogP contribution in [-0.4, -0.2) is 52.7 Å². The third-order valence-electron chi connectivity index (χ3n) is 10.2. The Kier molecular flexibility index (Phi) is 40.2. The molecule has 0 spiro atoms. The van der Waals surface area contributed by atoms with E-state index in [2.05, 4.69) is 61.7 Å². The van der Waals surface area contributed by atoms with Gasteiger partial charge in [0.15, 0.2) is 11.5 Å². The van der Waals surface area contributed by atoms with Gasteiger partial charge in [-0.2, -0.15) is 0 Å². The largest absolute Gasteiger partial charge is 0.490 e. The number of hydrogen-bond donors (Lipinski definition) is 2. The molecule has 6 heteroatoms. The number of hydrogen-bond acceptors (Lipinski definition) is 6. The summed E-state index contributed by atoms with van der Waals surface area (Å²) in [7, 11) is 0. The van der Waals surface area contributed by atoms with E-state index >= 15 is 0 Å². The van der Waals surface area contributed by atoms with Crippen molar-refractivity contribution in [1.29, 1.82) is 0 Å². The minimum Gasteiger partial charge on any atom is -0.490 e. The Morgan fingerprint density at radius 1 is 0.455 bits per heavy atom. The molecule has 0 amide bonds. The van der Waals surface area contributed by atoms with E-state index < -0.39 is 0 Å². The van der Waals surface area contributed by atoms with Crippen LogP contribution in [0.2, 0.25) is 0 Å². The van der Waals surface area contributed by atoms with Crippen molar-refractivity contribution in [3.8, 4) is 11.5 Å². The minimum atomic E-state index is 0.548. The summed E-state index contributed by atoms with van der Waals surface area (Å²) >= 11 is 0. The summed E-state index contributed by atoms with van der Waals surface area (Å²) in [4.78, 5) is 0. The quantitative estimate of drug-likeness (QED) is 0.0508. The Bertz CT molecular complexity index is 968. The zero-order valence-corrected chi connectivity index (χ0v) is 36.4. The maximum Gasteiger partial charge on any atom is 0.161 e. The molecule has 0 saturated carbocycles. The molecule has 1 rings (SSSR count). The summed E-state index contributed by atoms with van der Waals surface area (Å²) in [6.45, 7) is 10.6. The van der Waals surface area contributed by atoms with Crippen LogP contribution in [0.15, 0.2) is 42.5 Å². The summed E-state index contributed by atoms with van der Waals surface area (Å²) in [6, 6.07) is 6.41. The van der Waals surface area contributed by atoms with Gasteiger partial charge in [0.05, 0.1) is 39.6 Å². The van der Waals surface area contributed by atoms with E-state index in [4.69, 9.17) is 24.7 Å². The fourth-order valence-corrected chi connectivity index (χ4v) is 6.74. The van der Waals surface area contributed by atoms with E-state index in [0.29, 0.717) is 33.0 Å². The molecule has 0 fully saturated rings. The zero-order chi connectivity index (χ0) is 39.4. The summed E-state index contributed by atoms with van der Waals surface area (Å²) in [5.41, 5.74) is 6.66. The van der Waals surface area contributed by atoms with Crippen LogP contribution in [0.1, 0.15) is 199 Å². The Morgan fingerprint density at radius 3 is 1.35 bits per heavy atom. The minimum absolute atomic E-state index is 0.548. The van der Waals surface area contributed by atoms with E-state index in [9.17, 15) is 0 Å². The molecule has 0 heterocycles. The average molecular weight is 771 g/mol. The van der Waals surface area contributed by atoms with Gasteiger partial charge in [-0.15, -0.1) is 0 Å². The smallest absolute Gasteiger partial charge is 0.161 e. The second kappa shape index (κ2) is 43.3. The van der Waals surface area contributed by atoms with Crippen LogP contribution in [0.3, 0.4) is 0 Å². The van der Waals surface area contributed by atoms with Gasteiger partial charge in [0.25, 0.3) is 0 Å². The third kappa shape index (κ3) is 36.2. The molecule has 0 atom stereocenters. The first-order valence-electron chi connectivity index (χ1n) is 23.6. The topological polar surface area (TPSA) is 75.0 Å².